The zero-order valence-corrected chi connectivity index (χ0v) is 17.4. The number of para-hydroxylation sites is 2. The van der Waals surface area contributed by atoms with Crippen LogP contribution in [0, 0.1) is 6.92 Å². The number of carbonyl (C=O) groups excluding carboxylic acids is 1. The van der Waals surface area contributed by atoms with Crippen LogP contribution < -0.4 is 4.74 Å². The predicted molar refractivity (Wildman–Crippen MR) is 116 cm³/mol. The van der Waals surface area contributed by atoms with E-state index in [-0.39, 0.29) is 5.91 Å². The summed E-state index contributed by atoms with van der Waals surface area (Å²) in [6.45, 7) is 4.08. The number of hydrogen-bond donors (Lipinski definition) is 1. The average Bonchev–Trinajstić information content (AvgIpc) is 3.17. The van der Waals surface area contributed by atoms with Crippen LogP contribution in [-0.4, -0.2) is 40.5 Å². The molecule has 1 amide bonds. The van der Waals surface area contributed by atoms with E-state index in [1.807, 2.05) is 48.2 Å². The predicted octanol–water partition coefficient (Wildman–Crippen LogP) is 5.09. The highest BCUT2D eigenvalue weighted by Crippen LogP contribution is 2.28. The Hall–Kier alpha value is -2.53. The van der Waals surface area contributed by atoms with Crippen molar-refractivity contribution in [3.8, 4) is 5.75 Å². The Labute approximate surface area is 176 Å². The van der Waals surface area contributed by atoms with E-state index < -0.39 is 0 Å². The molecule has 1 aromatic heterocycles. The molecule has 4 rings (SSSR count). The largest absolute Gasteiger partial charge is 0.493 e. The molecule has 1 saturated heterocycles. The maximum Gasteiger partial charge on any atom is 0.222 e. The molecule has 0 saturated carbocycles. The van der Waals surface area contributed by atoms with E-state index in [0.717, 1.165) is 54.1 Å². The van der Waals surface area contributed by atoms with Crippen LogP contribution in [-0.2, 0) is 4.79 Å². The number of aromatic nitrogens is 2. The molecule has 1 N–H and O–H groups in total. The van der Waals surface area contributed by atoms with Crippen molar-refractivity contribution in [3.05, 3.63) is 58.9 Å². The molecular weight excluding hydrogens is 386 g/mol. The van der Waals surface area contributed by atoms with E-state index in [1.54, 1.807) is 0 Å². The van der Waals surface area contributed by atoms with E-state index in [2.05, 4.69) is 11.1 Å². The molecule has 0 bridgehead atoms. The van der Waals surface area contributed by atoms with E-state index in [9.17, 15) is 4.79 Å². The molecule has 0 spiro atoms. The van der Waals surface area contributed by atoms with Gasteiger partial charge in [0.25, 0.3) is 0 Å². The summed E-state index contributed by atoms with van der Waals surface area (Å²) in [7, 11) is 0. The standard InChI is InChI=1S/C23H26ClN3O2/c1-16-15-18(24)8-9-21(16)29-14-4-7-22(28)27-12-10-17(11-13-27)23-25-19-5-2-3-6-20(19)26-23/h2-3,5-6,8-9,15,17H,4,7,10-14H2,1H3,(H,25,26). The van der Waals surface area contributed by atoms with Crippen molar-refractivity contribution in [1.29, 1.82) is 0 Å². The number of imidazole rings is 1. The number of nitrogens with zero attached hydrogens (tertiary/aromatic N) is 2. The van der Waals surface area contributed by atoms with Crippen molar-refractivity contribution in [2.24, 2.45) is 0 Å². The van der Waals surface area contributed by atoms with Gasteiger partial charge in [0, 0.05) is 30.5 Å². The summed E-state index contributed by atoms with van der Waals surface area (Å²) in [6.07, 6.45) is 3.13. The normalized spacial score (nSPS) is 15.0. The Morgan fingerprint density at radius 3 is 2.79 bits per heavy atom. The van der Waals surface area contributed by atoms with Gasteiger partial charge in [-0.2, -0.15) is 0 Å². The molecule has 3 aromatic rings. The summed E-state index contributed by atoms with van der Waals surface area (Å²) in [5, 5.41) is 0.705. The number of ether oxygens (including phenoxy) is 1. The van der Waals surface area contributed by atoms with Crippen LogP contribution in [0.4, 0.5) is 0 Å². The summed E-state index contributed by atoms with van der Waals surface area (Å²) in [4.78, 5) is 22.7. The maximum atomic E-state index is 12.5. The summed E-state index contributed by atoms with van der Waals surface area (Å²) in [5.74, 6) is 2.48. The number of piperidine rings is 1. The minimum atomic E-state index is 0.212. The highest BCUT2D eigenvalue weighted by atomic mass is 35.5. The van der Waals surface area contributed by atoms with Gasteiger partial charge in [0.15, 0.2) is 0 Å². The smallest absolute Gasteiger partial charge is 0.222 e. The van der Waals surface area contributed by atoms with E-state index in [0.29, 0.717) is 30.4 Å². The molecule has 0 unspecified atom stereocenters. The quantitative estimate of drug-likeness (QED) is 0.575. The Morgan fingerprint density at radius 2 is 2.03 bits per heavy atom. The zero-order valence-electron chi connectivity index (χ0n) is 16.7. The third-order valence-corrected chi connectivity index (χ3v) is 5.81. The first-order valence-corrected chi connectivity index (χ1v) is 10.6. The Bertz CT molecular complexity index is 960. The number of aromatic amines is 1. The van der Waals surface area contributed by atoms with Gasteiger partial charge in [-0.25, -0.2) is 4.98 Å². The van der Waals surface area contributed by atoms with Crippen molar-refractivity contribution in [2.45, 2.75) is 38.5 Å². The van der Waals surface area contributed by atoms with Crippen LogP contribution in [0.3, 0.4) is 0 Å². The molecular formula is C23H26ClN3O2. The molecule has 1 fully saturated rings. The van der Waals surface area contributed by atoms with Gasteiger partial charge < -0.3 is 14.6 Å². The van der Waals surface area contributed by atoms with Crippen molar-refractivity contribution >= 4 is 28.5 Å². The lowest BCUT2D eigenvalue weighted by molar-refractivity contribution is -0.132. The van der Waals surface area contributed by atoms with Gasteiger partial charge >= 0.3 is 0 Å². The number of benzene rings is 2. The fourth-order valence-corrected chi connectivity index (χ4v) is 4.13. The number of fused-ring (bicyclic) bond motifs is 1. The van der Waals surface area contributed by atoms with Gasteiger partial charge in [0.05, 0.1) is 17.6 Å². The minimum Gasteiger partial charge on any atom is -0.493 e. The number of halogens is 1. The van der Waals surface area contributed by atoms with Crippen LogP contribution in [0.2, 0.25) is 5.02 Å². The molecule has 1 aliphatic rings. The van der Waals surface area contributed by atoms with Gasteiger partial charge in [-0.05, 0) is 62.1 Å². The molecule has 152 valence electrons. The van der Waals surface area contributed by atoms with Gasteiger partial charge in [-0.3, -0.25) is 4.79 Å². The molecule has 0 atom stereocenters. The van der Waals surface area contributed by atoms with Crippen molar-refractivity contribution < 1.29 is 9.53 Å². The van der Waals surface area contributed by atoms with E-state index >= 15 is 0 Å². The Morgan fingerprint density at radius 1 is 1.24 bits per heavy atom. The van der Waals surface area contributed by atoms with Crippen LogP contribution >= 0.6 is 11.6 Å². The molecule has 2 heterocycles. The number of hydrogen-bond acceptors (Lipinski definition) is 3. The Kier molecular flexibility index (Phi) is 6.05. The summed E-state index contributed by atoms with van der Waals surface area (Å²) in [6, 6.07) is 13.7. The number of aryl methyl sites for hydroxylation is 1. The lowest BCUT2D eigenvalue weighted by Gasteiger charge is -2.31. The molecule has 2 aromatic carbocycles. The fourth-order valence-electron chi connectivity index (χ4n) is 3.91. The first-order chi connectivity index (χ1) is 14.1. The van der Waals surface area contributed by atoms with Crippen molar-refractivity contribution in [3.63, 3.8) is 0 Å². The third kappa shape index (κ3) is 4.73. The number of nitrogens with one attached hydrogen (secondary N) is 1. The minimum absolute atomic E-state index is 0.212. The number of H-pyrrole nitrogens is 1. The van der Waals surface area contributed by atoms with Crippen molar-refractivity contribution in [2.75, 3.05) is 19.7 Å². The Balaban J connectivity index is 1.21. The fraction of sp³-hybridized carbons (Fsp3) is 0.391. The number of carbonyl (C=O) groups is 1. The van der Waals surface area contributed by atoms with Crippen LogP contribution in [0.15, 0.2) is 42.5 Å². The highest BCUT2D eigenvalue weighted by Gasteiger charge is 2.25. The maximum absolute atomic E-state index is 12.5. The van der Waals surface area contributed by atoms with E-state index in [1.165, 1.54) is 0 Å². The molecule has 29 heavy (non-hydrogen) atoms. The second-order valence-corrected chi connectivity index (χ2v) is 8.09. The van der Waals surface area contributed by atoms with Crippen LogP contribution in [0.25, 0.3) is 11.0 Å². The SMILES string of the molecule is Cc1cc(Cl)ccc1OCCCC(=O)N1CCC(c2nc3ccccc3[nH]2)CC1. The number of likely N-dealkylation sites (tertiary alicyclic amines) is 1. The van der Waals surface area contributed by atoms with Crippen molar-refractivity contribution in [1.82, 2.24) is 14.9 Å². The number of amides is 1. The first kappa shape index (κ1) is 19.8. The van der Waals surface area contributed by atoms with Gasteiger partial charge in [0.1, 0.15) is 11.6 Å². The number of rotatable bonds is 6. The van der Waals surface area contributed by atoms with Gasteiger partial charge in [0.2, 0.25) is 5.91 Å². The summed E-state index contributed by atoms with van der Waals surface area (Å²) in [5.41, 5.74) is 3.10. The van der Waals surface area contributed by atoms with E-state index in [4.69, 9.17) is 21.3 Å². The molecule has 0 radical (unpaired) electrons. The lowest BCUT2D eigenvalue weighted by Crippen LogP contribution is -2.38. The molecule has 5 nitrogen and oxygen atoms in total. The van der Waals surface area contributed by atoms with Crippen LogP contribution in [0.5, 0.6) is 5.75 Å². The second kappa shape index (κ2) is 8.87. The van der Waals surface area contributed by atoms with Crippen LogP contribution in [0.1, 0.15) is 43.0 Å². The average molecular weight is 412 g/mol. The second-order valence-electron chi connectivity index (χ2n) is 7.66. The molecule has 6 heteroatoms. The summed E-state index contributed by atoms with van der Waals surface area (Å²) >= 11 is 5.96. The van der Waals surface area contributed by atoms with Gasteiger partial charge in [-0.15, -0.1) is 0 Å². The molecule has 1 aliphatic heterocycles. The summed E-state index contributed by atoms with van der Waals surface area (Å²) < 4.78 is 5.79. The highest BCUT2D eigenvalue weighted by molar-refractivity contribution is 6.30. The lowest BCUT2D eigenvalue weighted by atomic mass is 9.96. The molecule has 0 aliphatic carbocycles. The van der Waals surface area contributed by atoms with Gasteiger partial charge in [-0.1, -0.05) is 23.7 Å². The topological polar surface area (TPSA) is 58.2 Å². The third-order valence-electron chi connectivity index (χ3n) is 5.57. The zero-order chi connectivity index (χ0) is 20.2. The monoisotopic (exact) mass is 411 g/mol. The first-order valence-electron chi connectivity index (χ1n) is 10.2.